The lowest BCUT2D eigenvalue weighted by molar-refractivity contribution is 0.356. The van der Waals surface area contributed by atoms with Crippen LogP contribution < -0.4 is 15.0 Å². The van der Waals surface area contributed by atoms with Crippen LogP contribution in [0.25, 0.3) is 31.3 Å². The summed E-state index contributed by atoms with van der Waals surface area (Å²) in [4.78, 5) is 17.6. The molecule has 0 atom stereocenters. The van der Waals surface area contributed by atoms with Gasteiger partial charge in [-0.1, -0.05) is 5.21 Å². The van der Waals surface area contributed by atoms with Gasteiger partial charge in [0.15, 0.2) is 11.5 Å². The third kappa shape index (κ3) is 1.95. The molecule has 0 spiro atoms. The third-order valence-corrected chi connectivity index (χ3v) is 4.80. The molecule has 3 aromatic heterocycles. The number of aryl methyl sites for hydroxylation is 1. The first-order valence-corrected chi connectivity index (χ1v) is 7.63. The highest BCUT2D eigenvalue weighted by Crippen LogP contribution is 2.36. The van der Waals surface area contributed by atoms with E-state index in [2.05, 4.69) is 15.3 Å². The molecule has 4 aromatic rings. The van der Waals surface area contributed by atoms with Crippen molar-refractivity contribution in [1.82, 2.24) is 20.0 Å². The van der Waals surface area contributed by atoms with E-state index in [4.69, 9.17) is 9.47 Å². The van der Waals surface area contributed by atoms with Crippen molar-refractivity contribution >= 4 is 42.7 Å². The zero-order valence-corrected chi connectivity index (χ0v) is 13.5. The molecule has 23 heavy (non-hydrogen) atoms. The van der Waals surface area contributed by atoms with Gasteiger partial charge in [-0.3, -0.25) is 4.79 Å². The standard InChI is InChI=1S/C15H12N4O3S/c1-19-15(20)13-12(17-18-19)8-4-7-5-10(21-2)11(22-3)6-9(7)16-14(8)23-13/h4-6H,1-3H3. The van der Waals surface area contributed by atoms with Crippen molar-refractivity contribution in [2.45, 2.75) is 0 Å². The summed E-state index contributed by atoms with van der Waals surface area (Å²) < 4.78 is 12.4. The molecule has 8 heteroatoms. The van der Waals surface area contributed by atoms with E-state index < -0.39 is 0 Å². The molecule has 0 saturated carbocycles. The minimum Gasteiger partial charge on any atom is -0.493 e. The lowest BCUT2D eigenvalue weighted by Gasteiger charge is -2.08. The molecule has 0 amide bonds. The average molecular weight is 328 g/mol. The Balaban J connectivity index is 2.14. The van der Waals surface area contributed by atoms with Crippen LogP contribution >= 0.6 is 11.3 Å². The second kappa shape index (κ2) is 4.88. The minimum atomic E-state index is -0.169. The van der Waals surface area contributed by atoms with Crippen LogP contribution in [0.15, 0.2) is 23.0 Å². The van der Waals surface area contributed by atoms with Crippen LogP contribution in [0.5, 0.6) is 11.5 Å². The zero-order chi connectivity index (χ0) is 16.1. The molecule has 0 radical (unpaired) electrons. The lowest BCUT2D eigenvalue weighted by Crippen LogP contribution is -2.19. The monoisotopic (exact) mass is 328 g/mol. The number of thiophene rings is 1. The molecule has 0 unspecified atom stereocenters. The van der Waals surface area contributed by atoms with E-state index in [1.54, 1.807) is 21.3 Å². The quantitative estimate of drug-likeness (QED) is 0.561. The zero-order valence-electron chi connectivity index (χ0n) is 12.7. The van der Waals surface area contributed by atoms with Gasteiger partial charge in [0.1, 0.15) is 15.0 Å². The Hall–Kier alpha value is -2.74. The summed E-state index contributed by atoms with van der Waals surface area (Å²) in [6, 6.07) is 5.63. The molecule has 0 saturated heterocycles. The van der Waals surface area contributed by atoms with Crippen LogP contribution in [0.1, 0.15) is 0 Å². The lowest BCUT2D eigenvalue weighted by atomic mass is 10.1. The number of hydrogen-bond acceptors (Lipinski definition) is 7. The largest absolute Gasteiger partial charge is 0.493 e. The molecule has 0 fully saturated rings. The molecule has 3 heterocycles. The number of aromatic nitrogens is 4. The first-order chi connectivity index (χ1) is 11.1. The maximum Gasteiger partial charge on any atom is 0.287 e. The highest BCUT2D eigenvalue weighted by atomic mass is 32.1. The van der Waals surface area contributed by atoms with E-state index in [9.17, 15) is 4.79 Å². The van der Waals surface area contributed by atoms with Gasteiger partial charge in [0, 0.05) is 23.9 Å². The van der Waals surface area contributed by atoms with Crippen molar-refractivity contribution in [1.29, 1.82) is 0 Å². The number of benzene rings is 1. The van der Waals surface area contributed by atoms with Gasteiger partial charge < -0.3 is 9.47 Å². The molecule has 116 valence electrons. The molecule has 7 nitrogen and oxygen atoms in total. The first kappa shape index (κ1) is 13.9. The van der Waals surface area contributed by atoms with E-state index in [1.807, 2.05) is 18.2 Å². The van der Waals surface area contributed by atoms with Gasteiger partial charge in [-0.15, -0.1) is 16.4 Å². The van der Waals surface area contributed by atoms with Gasteiger partial charge >= 0.3 is 0 Å². The SMILES string of the molecule is COc1cc2cc3c(nc2cc1OC)sc1c(=O)n(C)nnc13. The number of rotatable bonds is 2. The van der Waals surface area contributed by atoms with E-state index in [-0.39, 0.29) is 5.56 Å². The Labute approximate surface area is 134 Å². The second-order valence-electron chi connectivity index (χ2n) is 5.04. The minimum absolute atomic E-state index is 0.169. The van der Waals surface area contributed by atoms with E-state index in [1.165, 1.54) is 16.0 Å². The van der Waals surface area contributed by atoms with Crippen molar-refractivity contribution in [3.63, 3.8) is 0 Å². The summed E-state index contributed by atoms with van der Waals surface area (Å²) >= 11 is 1.32. The van der Waals surface area contributed by atoms with Crippen LogP contribution in [0.3, 0.4) is 0 Å². The van der Waals surface area contributed by atoms with Gasteiger partial charge in [-0.25, -0.2) is 9.67 Å². The predicted octanol–water partition coefficient (Wildman–Crippen LogP) is 2.11. The summed E-state index contributed by atoms with van der Waals surface area (Å²) in [5.41, 5.74) is 1.18. The van der Waals surface area contributed by atoms with Gasteiger partial charge in [0.25, 0.3) is 5.56 Å². The Bertz CT molecular complexity index is 1130. The summed E-state index contributed by atoms with van der Waals surface area (Å²) in [6.45, 7) is 0. The highest BCUT2D eigenvalue weighted by molar-refractivity contribution is 7.25. The number of ether oxygens (including phenoxy) is 2. The summed E-state index contributed by atoms with van der Waals surface area (Å²) in [7, 11) is 4.75. The smallest absolute Gasteiger partial charge is 0.287 e. The summed E-state index contributed by atoms with van der Waals surface area (Å²) in [6.07, 6.45) is 0. The Kier molecular flexibility index (Phi) is 2.95. The van der Waals surface area contributed by atoms with Crippen LogP contribution in [-0.2, 0) is 7.05 Å². The van der Waals surface area contributed by atoms with Gasteiger partial charge in [0.05, 0.1) is 19.7 Å². The number of nitrogens with zero attached hydrogens (tertiary/aromatic N) is 4. The van der Waals surface area contributed by atoms with E-state index in [0.29, 0.717) is 21.7 Å². The van der Waals surface area contributed by atoms with E-state index in [0.717, 1.165) is 21.1 Å². The number of fused-ring (bicyclic) bond motifs is 4. The van der Waals surface area contributed by atoms with Crippen molar-refractivity contribution in [3.05, 3.63) is 28.6 Å². The van der Waals surface area contributed by atoms with Crippen LogP contribution in [0.2, 0.25) is 0 Å². The van der Waals surface area contributed by atoms with Crippen molar-refractivity contribution < 1.29 is 9.47 Å². The van der Waals surface area contributed by atoms with Gasteiger partial charge in [-0.2, -0.15) is 0 Å². The third-order valence-electron chi connectivity index (χ3n) is 3.72. The van der Waals surface area contributed by atoms with Gasteiger partial charge in [-0.05, 0) is 12.1 Å². The summed E-state index contributed by atoms with van der Waals surface area (Å²) in [5, 5.41) is 9.70. The fraction of sp³-hybridized carbons (Fsp3) is 0.200. The van der Waals surface area contributed by atoms with E-state index >= 15 is 0 Å². The maximum atomic E-state index is 12.2. The molecule has 0 bridgehead atoms. The Morgan fingerprint density at radius 1 is 1.13 bits per heavy atom. The molecule has 1 aromatic carbocycles. The number of methoxy groups -OCH3 is 2. The fourth-order valence-electron chi connectivity index (χ4n) is 2.54. The molecule has 4 rings (SSSR count). The summed E-state index contributed by atoms with van der Waals surface area (Å²) in [5.74, 6) is 1.24. The molecular formula is C15H12N4O3S. The average Bonchev–Trinajstić information content (AvgIpc) is 2.93. The fourth-order valence-corrected chi connectivity index (χ4v) is 3.61. The van der Waals surface area contributed by atoms with Gasteiger partial charge in [0.2, 0.25) is 0 Å². The molecule has 0 aliphatic rings. The number of pyridine rings is 1. The van der Waals surface area contributed by atoms with Crippen LogP contribution in [0.4, 0.5) is 0 Å². The Morgan fingerprint density at radius 3 is 2.61 bits per heavy atom. The second-order valence-corrected chi connectivity index (χ2v) is 6.04. The topological polar surface area (TPSA) is 79.1 Å². The normalized spacial score (nSPS) is 11.4. The van der Waals surface area contributed by atoms with Crippen molar-refractivity contribution in [2.75, 3.05) is 14.2 Å². The Morgan fingerprint density at radius 2 is 1.87 bits per heavy atom. The maximum absolute atomic E-state index is 12.2. The molecular weight excluding hydrogens is 316 g/mol. The highest BCUT2D eigenvalue weighted by Gasteiger charge is 2.15. The molecule has 0 aliphatic carbocycles. The first-order valence-electron chi connectivity index (χ1n) is 6.81. The molecule has 0 N–H and O–H groups in total. The number of hydrogen-bond donors (Lipinski definition) is 0. The van der Waals surface area contributed by atoms with Crippen molar-refractivity contribution in [3.8, 4) is 11.5 Å². The van der Waals surface area contributed by atoms with Crippen molar-refractivity contribution in [2.24, 2.45) is 7.05 Å². The van der Waals surface area contributed by atoms with Crippen LogP contribution in [0, 0.1) is 0 Å². The predicted molar refractivity (Wildman–Crippen MR) is 88.6 cm³/mol. The molecule has 0 aliphatic heterocycles. The van der Waals surface area contributed by atoms with Crippen LogP contribution in [-0.4, -0.2) is 34.2 Å².